The van der Waals surface area contributed by atoms with E-state index < -0.39 is 5.79 Å². The lowest BCUT2D eigenvalue weighted by Crippen LogP contribution is -2.54. The Morgan fingerprint density at radius 2 is 1.81 bits per heavy atom. The monoisotopic (exact) mass is 294 g/mol. The van der Waals surface area contributed by atoms with Gasteiger partial charge in [0.2, 0.25) is 0 Å². The van der Waals surface area contributed by atoms with Crippen molar-refractivity contribution in [2.75, 3.05) is 13.2 Å². The third kappa shape index (κ3) is 2.03. The van der Waals surface area contributed by atoms with Gasteiger partial charge in [-0.15, -0.1) is 0 Å². The Morgan fingerprint density at radius 1 is 1.10 bits per heavy atom. The van der Waals surface area contributed by atoms with Gasteiger partial charge in [-0.1, -0.05) is 18.6 Å². The van der Waals surface area contributed by atoms with Crippen molar-refractivity contribution in [3.63, 3.8) is 0 Å². The normalized spacial score (nSPS) is 48.6. The smallest absolute Gasteiger partial charge is 0.172 e. The number of rotatable bonds is 0. The van der Waals surface area contributed by atoms with Crippen molar-refractivity contribution < 1.29 is 19.7 Å². The predicted molar refractivity (Wildman–Crippen MR) is 77.5 cm³/mol. The van der Waals surface area contributed by atoms with E-state index in [0.29, 0.717) is 13.2 Å². The van der Waals surface area contributed by atoms with Gasteiger partial charge in [-0.05, 0) is 42.9 Å². The fourth-order valence-electron chi connectivity index (χ4n) is 5.36. The molecule has 4 aliphatic rings. The summed E-state index contributed by atoms with van der Waals surface area (Å²) in [5.74, 6) is -0.0156. The van der Waals surface area contributed by atoms with Crippen molar-refractivity contribution >= 4 is 0 Å². The van der Waals surface area contributed by atoms with Gasteiger partial charge in [-0.3, -0.25) is 0 Å². The molecule has 0 bridgehead atoms. The third-order valence-corrected chi connectivity index (χ3v) is 6.53. The second-order valence-electron chi connectivity index (χ2n) is 7.57. The van der Waals surface area contributed by atoms with E-state index in [9.17, 15) is 10.2 Å². The van der Waals surface area contributed by atoms with Crippen LogP contribution in [0.4, 0.5) is 0 Å². The zero-order valence-electron chi connectivity index (χ0n) is 12.8. The second-order valence-corrected chi connectivity index (χ2v) is 7.57. The number of aliphatic hydroxyl groups is 2. The van der Waals surface area contributed by atoms with Crippen LogP contribution in [-0.2, 0) is 9.47 Å². The molecule has 1 saturated heterocycles. The molecule has 5 unspecified atom stereocenters. The molecule has 4 nitrogen and oxygen atoms in total. The summed E-state index contributed by atoms with van der Waals surface area (Å²) in [7, 11) is 0. The van der Waals surface area contributed by atoms with E-state index in [1.165, 1.54) is 5.57 Å². The molecule has 118 valence electrons. The maximum atomic E-state index is 10.6. The van der Waals surface area contributed by atoms with E-state index in [1.807, 2.05) is 0 Å². The summed E-state index contributed by atoms with van der Waals surface area (Å²) in [4.78, 5) is 0. The highest BCUT2D eigenvalue weighted by atomic mass is 16.7. The van der Waals surface area contributed by atoms with E-state index >= 15 is 0 Å². The van der Waals surface area contributed by atoms with Crippen molar-refractivity contribution in [1.82, 2.24) is 0 Å². The second kappa shape index (κ2) is 4.79. The molecule has 1 heterocycles. The van der Waals surface area contributed by atoms with Gasteiger partial charge in [0.05, 0.1) is 25.4 Å². The molecule has 0 aromatic heterocycles. The number of ether oxygens (including phenoxy) is 2. The third-order valence-electron chi connectivity index (χ3n) is 6.53. The lowest BCUT2D eigenvalue weighted by molar-refractivity contribution is -0.190. The fraction of sp³-hybridized carbons (Fsp3) is 0.882. The standard InChI is InChI=1S/C17H26O4/c1-16-6-7-17(20-8-9-21-17)10-11(16)2-3-12-13(18)4-5-14(19)15(12)16/h2,12-15,18-19H,3-10H2,1H3. The first kappa shape index (κ1) is 14.2. The first-order valence-electron chi connectivity index (χ1n) is 8.38. The van der Waals surface area contributed by atoms with Crippen LogP contribution in [0.25, 0.3) is 0 Å². The molecule has 21 heavy (non-hydrogen) atoms. The molecule has 4 heteroatoms. The van der Waals surface area contributed by atoms with Gasteiger partial charge >= 0.3 is 0 Å². The number of allylic oxidation sites excluding steroid dienone is 1. The molecule has 2 N–H and O–H groups in total. The van der Waals surface area contributed by atoms with Gasteiger partial charge in [0, 0.05) is 12.8 Å². The minimum absolute atomic E-state index is 0.00963. The van der Waals surface area contributed by atoms with E-state index in [4.69, 9.17) is 9.47 Å². The Hall–Kier alpha value is -0.420. The van der Waals surface area contributed by atoms with Gasteiger partial charge in [0.15, 0.2) is 5.79 Å². The van der Waals surface area contributed by atoms with Gasteiger partial charge in [-0.25, -0.2) is 0 Å². The van der Waals surface area contributed by atoms with Gasteiger partial charge in [0.25, 0.3) is 0 Å². The van der Waals surface area contributed by atoms with Crippen LogP contribution in [0, 0.1) is 17.3 Å². The van der Waals surface area contributed by atoms with Crippen LogP contribution in [0.15, 0.2) is 11.6 Å². The van der Waals surface area contributed by atoms with Crippen LogP contribution >= 0.6 is 0 Å². The summed E-state index contributed by atoms with van der Waals surface area (Å²) in [6.07, 6.45) is 6.79. The van der Waals surface area contributed by atoms with Crippen LogP contribution < -0.4 is 0 Å². The zero-order chi connectivity index (χ0) is 14.7. The fourth-order valence-corrected chi connectivity index (χ4v) is 5.36. The highest BCUT2D eigenvalue weighted by Gasteiger charge is 2.56. The minimum Gasteiger partial charge on any atom is -0.393 e. The van der Waals surface area contributed by atoms with E-state index in [1.54, 1.807) is 0 Å². The molecule has 0 aromatic rings. The molecule has 0 amide bonds. The van der Waals surface area contributed by atoms with E-state index in [0.717, 1.165) is 38.5 Å². The summed E-state index contributed by atoms with van der Waals surface area (Å²) < 4.78 is 11.8. The average Bonchev–Trinajstić information content (AvgIpc) is 2.92. The quantitative estimate of drug-likeness (QED) is 0.671. The zero-order valence-corrected chi connectivity index (χ0v) is 12.8. The Morgan fingerprint density at radius 3 is 2.57 bits per heavy atom. The lowest BCUT2D eigenvalue weighted by atomic mass is 9.52. The molecule has 1 aliphatic heterocycles. The Kier molecular flexibility index (Phi) is 3.23. The summed E-state index contributed by atoms with van der Waals surface area (Å²) in [5, 5.41) is 20.9. The molecule has 3 fully saturated rings. The minimum atomic E-state index is -0.406. The van der Waals surface area contributed by atoms with E-state index in [-0.39, 0.29) is 29.5 Å². The lowest BCUT2D eigenvalue weighted by Gasteiger charge is -2.56. The van der Waals surface area contributed by atoms with Gasteiger partial charge < -0.3 is 19.7 Å². The van der Waals surface area contributed by atoms with Crippen molar-refractivity contribution in [2.45, 2.75) is 63.4 Å². The van der Waals surface area contributed by atoms with E-state index in [2.05, 4.69) is 13.0 Å². The Bertz CT molecular complexity index is 454. The maximum absolute atomic E-state index is 10.6. The molecule has 0 aromatic carbocycles. The molecular formula is C17H26O4. The molecule has 3 aliphatic carbocycles. The summed E-state index contributed by atoms with van der Waals surface area (Å²) >= 11 is 0. The molecule has 4 rings (SSSR count). The van der Waals surface area contributed by atoms with Crippen molar-refractivity contribution in [3.05, 3.63) is 11.6 Å². The Labute approximate surface area is 126 Å². The molecule has 2 saturated carbocycles. The molecule has 0 radical (unpaired) electrons. The highest BCUT2D eigenvalue weighted by molar-refractivity contribution is 5.26. The Balaban J connectivity index is 1.66. The average molecular weight is 294 g/mol. The summed E-state index contributed by atoms with van der Waals surface area (Å²) in [5.41, 5.74) is 1.37. The van der Waals surface area contributed by atoms with Crippen LogP contribution in [0.2, 0.25) is 0 Å². The largest absolute Gasteiger partial charge is 0.393 e. The van der Waals surface area contributed by atoms with Crippen molar-refractivity contribution in [3.8, 4) is 0 Å². The van der Waals surface area contributed by atoms with Crippen LogP contribution in [-0.4, -0.2) is 41.4 Å². The first-order valence-corrected chi connectivity index (χ1v) is 8.38. The van der Waals surface area contributed by atoms with Crippen molar-refractivity contribution in [1.29, 1.82) is 0 Å². The predicted octanol–water partition coefficient (Wildman–Crippen LogP) is 2.00. The number of fused-ring (bicyclic) bond motifs is 3. The number of hydrogen-bond acceptors (Lipinski definition) is 4. The van der Waals surface area contributed by atoms with Crippen molar-refractivity contribution in [2.24, 2.45) is 17.3 Å². The van der Waals surface area contributed by atoms with Gasteiger partial charge in [-0.2, -0.15) is 0 Å². The molecule has 5 atom stereocenters. The summed E-state index contributed by atoms with van der Waals surface area (Å²) in [6, 6.07) is 0. The van der Waals surface area contributed by atoms with Crippen LogP contribution in [0.3, 0.4) is 0 Å². The molecular weight excluding hydrogens is 268 g/mol. The van der Waals surface area contributed by atoms with Crippen LogP contribution in [0.1, 0.15) is 45.4 Å². The topological polar surface area (TPSA) is 58.9 Å². The first-order chi connectivity index (χ1) is 10.0. The van der Waals surface area contributed by atoms with Gasteiger partial charge in [0.1, 0.15) is 0 Å². The number of hydrogen-bond donors (Lipinski definition) is 2. The number of aliphatic hydroxyl groups excluding tert-OH is 2. The summed E-state index contributed by atoms with van der Waals surface area (Å²) in [6.45, 7) is 3.66. The maximum Gasteiger partial charge on any atom is 0.172 e. The van der Waals surface area contributed by atoms with Crippen LogP contribution in [0.5, 0.6) is 0 Å². The SMILES string of the molecule is CC12CCC3(CC1=CCC1C(O)CCC(O)C12)OCCO3. The highest BCUT2D eigenvalue weighted by Crippen LogP contribution is 2.59. The molecule has 1 spiro atoms.